The quantitative estimate of drug-likeness (QED) is 0.645. The van der Waals surface area contributed by atoms with Gasteiger partial charge in [-0.3, -0.25) is 20.4 Å². The Bertz CT molecular complexity index is 731. The number of nitrogens with one attached hydrogen (secondary N) is 2. The van der Waals surface area contributed by atoms with Crippen LogP contribution in [0.3, 0.4) is 0 Å². The molecule has 2 amide bonds. The molecule has 7 heteroatoms. The molecule has 0 aliphatic carbocycles. The van der Waals surface area contributed by atoms with Gasteiger partial charge in [0.15, 0.2) is 6.61 Å². The van der Waals surface area contributed by atoms with Gasteiger partial charge in [0, 0.05) is 11.1 Å². The molecule has 0 saturated carbocycles. The maximum Gasteiger partial charge on any atom is 0.276 e. The Hall–Kier alpha value is -2.86. The number of halogens is 2. The lowest BCUT2D eigenvalue weighted by Gasteiger charge is -2.07. The second kappa shape index (κ2) is 8.69. The van der Waals surface area contributed by atoms with Gasteiger partial charge >= 0.3 is 0 Å². The van der Waals surface area contributed by atoms with Crippen molar-refractivity contribution in [1.82, 2.24) is 10.9 Å². The van der Waals surface area contributed by atoms with Crippen LogP contribution in [0, 0.1) is 5.82 Å². The van der Waals surface area contributed by atoms with Gasteiger partial charge in [-0.1, -0.05) is 23.7 Å². The van der Waals surface area contributed by atoms with Gasteiger partial charge in [-0.25, -0.2) is 4.39 Å². The first-order chi connectivity index (χ1) is 11.5. The lowest BCUT2D eigenvalue weighted by Crippen LogP contribution is -2.43. The van der Waals surface area contributed by atoms with Gasteiger partial charge in [-0.2, -0.15) is 0 Å². The molecule has 24 heavy (non-hydrogen) atoms. The molecule has 124 valence electrons. The Kier molecular flexibility index (Phi) is 6.33. The lowest BCUT2D eigenvalue weighted by atomic mass is 10.2. The minimum atomic E-state index is -0.529. The number of hydrogen-bond acceptors (Lipinski definition) is 3. The average molecular weight is 349 g/mol. The molecule has 0 fully saturated rings. The molecule has 5 nitrogen and oxygen atoms in total. The molecule has 0 saturated heterocycles. The summed E-state index contributed by atoms with van der Waals surface area (Å²) in [4.78, 5) is 23.1. The number of benzene rings is 2. The smallest absolute Gasteiger partial charge is 0.276 e. The summed E-state index contributed by atoms with van der Waals surface area (Å²) in [6.07, 6.45) is 2.71. The second-order valence-corrected chi connectivity index (χ2v) is 5.10. The van der Waals surface area contributed by atoms with E-state index < -0.39 is 11.8 Å². The van der Waals surface area contributed by atoms with Gasteiger partial charge in [-0.05, 0) is 48.0 Å². The van der Waals surface area contributed by atoms with Crippen molar-refractivity contribution in [2.45, 2.75) is 0 Å². The van der Waals surface area contributed by atoms with E-state index in [9.17, 15) is 14.0 Å². The zero-order valence-electron chi connectivity index (χ0n) is 12.5. The first kappa shape index (κ1) is 17.5. The van der Waals surface area contributed by atoms with Crippen molar-refractivity contribution in [3.8, 4) is 5.75 Å². The van der Waals surface area contributed by atoms with Crippen LogP contribution < -0.4 is 15.6 Å². The second-order valence-electron chi connectivity index (χ2n) is 4.66. The Morgan fingerprint density at radius 2 is 1.71 bits per heavy atom. The average Bonchev–Trinajstić information content (AvgIpc) is 2.59. The molecule has 0 atom stereocenters. The van der Waals surface area contributed by atoms with E-state index in [4.69, 9.17) is 16.3 Å². The molecule has 0 spiro atoms. The Labute approximate surface area is 143 Å². The van der Waals surface area contributed by atoms with Crippen LogP contribution in [0.2, 0.25) is 5.02 Å². The highest BCUT2D eigenvalue weighted by Crippen LogP contribution is 2.15. The van der Waals surface area contributed by atoms with Gasteiger partial charge in [-0.15, -0.1) is 0 Å². The molecule has 0 aromatic heterocycles. The number of carbonyl (C=O) groups is 2. The monoisotopic (exact) mass is 348 g/mol. The minimum absolute atomic E-state index is 0.260. The summed E-state index contributed by atoms with van der Waals surface area (Å²) in [6, 6.07) is 12.1. The van der Waals surface area contributed by atoms with Crippen LogP contribution in [0.1, 0.15) is 5.56 Å². The molecular weight excluding hydrogens is 335 g/mol. The molecule has 0 radical (unpaired) electrons. The third-order valence-corrected chi connectivity index (χ3v) is 3.06. The fourth-order valence-corrected chi connectivity index (χ4v) is 1.76. The topological polar surface area (TPSA) is 67.4 Å². The van der Waals surface area contributed by atoms with Crippen LogP contribution in [0.25, 0.3) is 6.08 Å². The van der Waals surface area contributed by atoms with Crippen molar-refractivity contribution in [3.05, 3.63) is 71.0 Å². The molecule has 0 aliphatic rings. The van der Waals surface area contributed by atoms with Crippen LogP contribution in [0.4, 0.5) is 4.39 Å². The van der Waals surface area contributed by atoms with E-state index in [1.54, 1.807) is 24.3 Å². The summed E-state index contributed by atoms with van der Waals surface area (Å²) in [7, 11) is 0. The Morgan fingerprint density at radius 1 is 1.04 bits per heavy atom. The van der Waals surface area contributed by atoms with Crippen LogP contribution >= 0.6 is 11.6 Å². The molecule has 0 unspecified atom stereocenters. The van der Waals surface area contributed by atoms with E-state index in [2.05, 4.69) is 10.9 Å². The van der Waals surface area contributed by atoms with Gasteiger partial charge < -0.3 is 4.74 Å². The van der Waals surface area contributed by atoms with Crippen molar-refractivity contribution < 1.29 is 18.7 Å². The molecule has 2 aromatic carbocycles. The predicted octanol–water partition coefficient (Wildman–Crippen LogP) is 2.72. The maximum atomic E-state index is 12.7. The number of carbonyl (C=O) groups excluding carboxylic acids is 2. The van der Waals surface area contributed by atoms with E-state index in [1.807, 2.05) is 0 Å². The predicted molar refractivity (Wildman–Crippen MR) is 88.7 cm³/mol. The van der Waals surface area contributed by atoms with Crippen LogP contribution in [-0.4, -0.2) is 18.4 Å². The highest BCUT2D eigenvalue weighted by Gasteiger charge is 2.04. The first-order valence-corrected chi connectivity index (χ1v) is 7.31. The summed E-state index contributed by atoms with van der Waals surface area (Å²) >= 11 is 5.73. The number of amides is 2. The maximum absolute atomic E-state index is 12.7. The van der Waals surface area contributed by atoms with E-state index in [-0.39, 0.29) is 12.4 Å². The molecule has 2 rings (SSSR count). The number of ether oxygens (including phenoxy) is 1. The number of hydrogen-bond donors (Lipinski definition) is 2. The summed E-state index contributed by atoms with van der Waals surface area (Å²) in [6.45, 7) is -0.260. The highest BCUT2D eigenvalue weighted by molar-refractivity contribution is 6.30. The van der Waals surface area contributed by atoms with E-state index in [1.165, 1.54) is 36.4 Å². The van der Waals surface area contributed by atoms with Crippen molar-refractivity contribution in [1.29, 1.82) is 0 Å². The third-order valence-electron chi connectivity index (χ3n) is 2.81. The van der Waals surface area contributed by atoms with Crippen molar-refractivity contribution in [2.75, 3.05) is 6.61 Å². The molecular formula is C17H14ClFN2O3. The first-order valence-electron chi connectivity index (χ1n) is 6.94. The Balaban J connectivity index is 1.71. The van der Waals surface area contributed by atoms with Gasteiger partial charge in [0.1, 0.15) is 11.6 Å². The van der Waals surface area contributed by atoms with E-state index >= 15 is 0 Å². The summed E-state index contributed by atoms with van der Waals surface area (Å²) < 4.78 is 18.0. The Morgan fingerprint density at radius 3 is 2.38 bits per heavy atom. The molecule has 2 aromatic rings. The van der Waals surface area contributed by atoms with Crippen molar-refractivity contribution in [2.24, 2.45) is 0 Å². The fraction of sp³-hybridized carbons (Fsp3) is 0.0588. The number of rotatable bonds is 5. The van der Waals surface area contributed by atoms with Crippen LogP contribution in [0.15, 0.2) is 54.6 Å². The van der Waals surface area contributed by atoms with Crippen molar-refractivity contribution in [3.63, 3.8) is 0 Å². The third kappa shape index (κ3) is 6.10. The van der Waals surface area contributed by atoms with Gasteiger partial charge in [0.2, 0.25) is 0 Å². The summed E-state index contributed by atoms with van der Waals surface area (Å²) in [5.74, 6) is -0.922. The van der Waals surface area contributed by atoms with Crippen LogP contribution in [-0.2, 0) is 9.59 Å². The fourth-order valence-electron chi connectivity index (χ4n) is 1.63. The zero-order chi connectivity index (χ0) is 17.4. The largest absolute Gasteiger partial charge is 0.484 e. The molecule has 2 N–H and O–H groups in total. The normalized spacial score (nSPS) is 10.4. The minimum Gasteiger partial charge on any atom is -0.484 e. The number of hydrazine groups is 1. The van der Waals surface area contributed by atoms with Gasteiger partial charge in [0.05, 0.1) is 0 Å². The SMILES string of the molecule is O=C(C=Cc1ccc(F)cc1)NNC(=O)COc1ccc(Cl)cc1. The lowest BCUT2D eigenvalue weighted by molar-refractivity contribution is -0.128. The molecule has 0 bridgehead atoms. The highest BCUT2D eigenvalue weighted by atomic mass is 35.5. The summed E-state index contributed by atoms with van der Waals surface area (Å²) in [5, 5.41) is 0.562. The van der Waals surface area contributed by atoms with E-state index in [0.717, 1.165) is 0 Å². The van der Waals surface area contributed by atoms with Gasteiger partial charge in [0.25, 0.3) is 11.8 Å². The zero-order valence-corrected chi connectivity index (χ0v) is 13.2. The van der Waals surface area contributed by atoms with Crippen LogP contribution in [0.5, 0.6) is 5.75 Å². The molecule has 0 heterocycles. The molecule has 0 aliphatic heterocycles. The standard InChI is InChI=1S/C17H14ClFN2O3/c18-13-4-8-15(9-5-13)24-11-17(23)21-20-16(22)10-3-12-1-6-14(19)7-2-12/h1-10H,11H2,(H,20,22)(H,21,23). The van der Waals surface area contributed by atoms with Crippen molar-refractivity contribution >= 4 is 29.5 Å². The summed E-state index contributed by atoms with van der Waals surface area (Å²) in [5.41, 5.74) is 5.07. The van der Waals surface area contributed by atoms with E-state index in [0.29, 0.717) is 16.3 Å².